The van der Waals surface area contributed by atoms with Gasteiger partial charge >= 0.3 is 10.8 Å². The number of thiazole rings is 1. The zero-order chi connectivity index (χ0) is 20.7. The van der Waals surface area contributed by atoms with Crippen LogP contribution >= 0.6 is 23.1 Å². The molecule has 2 fully saturated rings. The van der Waals surface area contributed by atoms with E-state index in [0.29, 0.717) is 33.9 Å². The number of hydrogen-bond acceptors (Lipinski definition) is 9. The lowest BCUT2D eigenvalue weighted by molar-refractivity contribution is -0.166. The monoisotopic (exact) mass is 438 g/mol. The van der Waals surface area contributed by atoms with Crippen LogP contribution in [0.4, 0.5) is 5.95 Å². The molecule has 3 heterocycles. The lowest BCUT2D eigenvalue weighted by atomic mass is 9.75. The molecule has 2 aliphatic rings. The number of nitrogen functional groups attached to an aromatic ring is 1. The van der Waals surface area contributed by atoms with Crippen LogP contribution in [0.3, 0.4) is 0 Å². The Hall–Kier alpha value is -1.65. The number of aromatic nitrogens is 3. The van der Waals surface area contributed by atoms with Gasteiger partial charge in [-0.1, -0.05) is 38.5 Å². The molecule has 10 heteroatoms. The molecule has 2 aromatic rings. The van der Waals surface area contributed by atoms with Crippen molar-refractivity contribution < 1.29 is 14.3 Å². The highest BCUT2D eigenvalue weighted by Gasteiger charge is 2.39. The summed E-state index contributed by atoms with van der Waals surface area (Å²) in [7, 11) is 0. The van der Waals surface area contributed by atoms with Gasteiger partial charge in [-0.15, -0.1) is 11.8 Å². The summed E-state index contributed by atoms with van der Waals surface area (Å²) in [6.07, 6.45) is 4.01. The van der Waals surface area contributed by atoms with Gasteiger partial charge in [0.05, 0.1) is 10.9 Å². The van der Waals surface area contributed by atoms with Crippen LogP contribution in [0.2, 0.25) is 0 Å². The van der Waals surface area contributed by atoms with Gasteiger partial charge in [0, 0.05) is 5.75 Å². The van der Waals surface area contributed by atoms with E-state index >= 15 is 0 Å². The Morgan fingerprint density at radius 1 is 1.41 bits per heavy atom. The average Bonchev–Trinajstić information content (AvgIpc) is 3.25. The van der Waals surface area contributed by atoms with Crippen molar-refractivity contribution in [3.63, 3.8) is 0 Å². The summed E-state index contributed by atoms with van der Waals surface area (Å²) in [6.45, 7) is 6.57. The highest BCUT2D eigenvalue weighted by Crippen LogP contribution is 2.38. The Balaban J connectivity index is 1.47. The van der Waals surface area contributed by atoms with E-state index in [1.807, 2.05) is 0 Å². The quantitative estimate of drug-likeness (QED) is 0.726. The van der Waals surface area contributed by atoms with E-state index in [9.17, 15) is 9.59 Å². The van der Waals surface area contributed by atoms with Gasteiger partial charge in [0.15, 0.2) is 11.9 Å². The van der Waals surface area contributed by atoms with Crippen LogP contribution in [0.15, 0.2) is 11.0 Å². The fourth-order valence-corrected chi connectivity index (χ4v) is 6.00. The minimum atomic E-state index is -0.744. The summed E-state index contributed by atoms with van der Waals surface area (Å²) in [5.41, 5.74) is 5.37. The third-order valence-electron chi connectivity index (χ3n) is 5.76. The molecule has 4 rings (SSSR count). The van der Waals surface area contributed by atoms with Gasteiger partial charge in [-0.05, 0) is 30.6 Å². The molecule has 2 N–H and O–H groups in total. The third-order valence-corrected chi connectivity index (χ3v) is 7.72. The Morgan fingerprint density at radius 3 is 2.97 bits per heavy atom. The van der Waals surface area contributed by atoms with Crippen molar-refractivity contribution in [1.29, 1.82) is 0 Å². The van der Waals surface area contributed by atoms with E-state index in [-0.39, 0.29) is 22.9 Å². The predicted octanol–water partition coefficient (Wildman–Crippen LogP) is 3.03. The maximum absolute atomic E-state index is 12.8. The normalized spacial score (nSPS) is 30.1. The van der Waals surface area contributed by atoms with E-state index in [1.165, 1.54) is 28.9 Å². The van der Waals surface area contributed by atoms with Crippen LogP contribution < -0.4 is 10.6 Å². The fraction of sp³-hybridized carbons (Fsp3) is 0.684. The third kappa shape index (κ3) is 4.15. The van der Waals surface area contributed by atoms with Crippen molar-refractivity contribution >= 4 is 45.4 Å². The van der Waals surface area contributed by atoms with E-state index in [0.717, 1.165) is 24.2 Å². The molecular formula is C19H26N4O4S2. The van der Waals surface area contributed by atoms with Gasteiger partial charge in [0.1, 0.15) is 6.10 Å². The first-order valence-corrected chi connectivity index (χ1v) is 11.8. The molecule has 158 valence electrons. The van der Waals surface area contributed by atoms with Gasteiger partial charge < -0.3 is 15.2 Å². The average molecular weight is 439 g/mol. The predicted molar refractivity (Wildman–Crippen MR) is 114 cm³/mol. The van der Waals surface area contributed by atoms with Crippen molar-refractivity contribution in [2.24, 2.45) is 17.8 Å². The minimum absolute atomic E-state index is 0.0771. The number of fused-ring (bicyclic) bond motifs is 1. The fourth-order valence-electron chi connectivity index (χ4n) is 4.21. The Labute approximate surface area is 177 Å². The molecule has 1 saturated carbocycles. The number of thioether (sulfide) groups is 1. The lowest BCUT2D eigenvalue weighted by Gasteiger charge is -2.37. The summed E-state index contributed by atoms with van der Waals surface area (Å²) in [6, 6.07) is 0. The molecule has 2 aromatic heterocycles. The zero-order valence-electron chi connectivity index (χ0n) is 16.7. The Morgan fingerprint density at radius 2 is 2.21 bits per heavy atom. The number of carbonyl (C=O) groups is 1. The second-order valence-corrected chi connectivity index (χ2v) is 10.3. The molecular weight excluding hydrogens is 412 g/mol. The number of esters is 1. The molecule has 29 heavy (non-hydrogen) atoms. The van der Waals surface area contributed by atoms with Crippen LogP contribution in [0.25, 0.3) is 10.3 Å². The summed E-state index contributed by atoms with van der Waals surface area (Å²) in [5, 5.41) is 0. The summed E-state index contributed by atoms with van der Waals surface area (Å²) >= 11 is 2.39. The number of hydrogen-bond donors (Lipinski definition) is 1. The van der Waals surface area contributed by atoms with Gasteiger partial charge in [0.2, 0.25) is 11.4 Å². The molecule has 0 spiro atoms. The molecule has 5 atom stereocenters. The molecule has 0 unspecified atom stereocenters. The van der Waals surface area contributed by atoms with Crippen molar-refractivity contribution in [2.75, 3.05) is 11.5 Å². The molecule has 0 aromatic carbocycles. The van der Waals surface area contributed by atoms with Crippen LogP contribution in [0.5, 0.6) is 0 Å². The molecule has 0 amide bonds. The van der Waals surface area contributed by atoms with E-state index < -0.39 is 11.7 Å². The number of nitrogens with zero attached hydrogens (tertiary/aromatic N) is 3. The number of ether oxygens (including phenoxy) is 2. The van der Waals surface area contributed by atoms with Crippen LogP contribution in [-0.4, -0.2) is 37.8 Å². The van der Waals surface area contributed by atoms with Crippen molar-refractivity contribution in [1.82, 2.24) is 14.5 Å². The lowest BCUT2D eigenvalue weighted by Crippen LogP contribution is -2.38. The summed E-state index contributed by atoms with van der Waals surface area (Å²) in [4.78, 5) is 33.2. The maximum atomic E-state index is 12.8. The number of nitrogens with two attached hydrogens (primary N) is 1. The second-order valence-electron chi connectivity index (χ2n) is 8.21. The van der Waals surface area contributed by atoms with E-state index in [1.54, 1.807) is 0 Å². The highest BCUT2D eigenvalue weighted by atomic mass is 32.2. The topological polar surface area (TPSA) is 109 Å². The highest BCUT2D eigenvalue weighted by molar-refractivity contribution is 8.00. The van der Waals surface area contributed by atoms with Crippen LogP contribution in [-0.2, 0) is 14.3 Å². The van der Waals surface area contributed by atoms with Gasteiger partial charge in [0.25, 0.3) is 0 Å². The molecule has 8 nitrogen and oxygen atoms in total. The largest absolute Gasteiger partial charge is 0.459 e. The van der Waals surface area contributed by atoms with Crippen molar-refractivity contribution in [2.45, 2.75) is 57.8 Å². The maximum Gasteiger partial charge on any atom is 0.346 e. The molecule has 1 saturated heterocycles. The molecule has 0 radical (unpaired) electrons. The number of carbonyl (C=O) groups excluding carboxylic acids is 1. The first kappa shape index (κ1) is 20.6. The minimum Gasteiger partial charge on any atom is -0.459 e. The van der Waals surface area contributed by atoms with E-state index in [2.05, 4.69) is 30.7 Å². The van der Waals surface area contributed by atoms with Crippen molar-refractivity contribution in [3.8, 4) is 0 Å². The molecule has 0 bridgehead atoms. The van der Waals surface area contributed by atoms with Gasteiger partial charge in [-0.25, -0.2) is 9.78 Å². The van der Waals surface area contributed by atoms with Gasteiger partial charge in [-0.2, -0.15) is 4.98 Å². The van der Waals surface area contributed by atoms with Crippen LogP contribution in [0.1, 0.15) is 46.3 Å². The van der Waals surface area contributed by atoms with Crippen LogP contribution in [0, 0.1) is 17.8 Å². The Kier molecular flexibility index (Phi) is 5.85. The smallest absolute Gasteiger partial charge is 0.346 e. The number of anilines is 1. The summed E-state index contributed by atoms with van der Waals surface area (Å²) < 4.78 is 13.9. The Bertz CT molecular complexity index is 959. The zero-order valence-corrected chi connectivity index (χ0v) is 18.4. The standard InChI is InChI=1S/C19H26N4O4S2/c1-9(2)11-5-4-10(3)6-12(11)26-16(24)17-27-14(8-28-17)23-15-13(29-19(23)25)7-21-18(20)22-15/h7,9-12,14,17H,4-6,8H2,1-3H3,(H2,20,21,22)/t10-,11+,12-,14+,17+/m1/s1. The SMILES string of the molecule is CC(C)[C@@H]1CC[C@@H](C)C[C@H]1OC(=O)[C@H]1O[C@H](n2c(=O)sc3cnc(N)nc32)CS1. The summed E-state index contributed by atoms with van der Waals surface area (Å²) in [5.74, 6) is 1.59. The second kappa shape index (κ2) is 8.23. The molecule has 1 aliphatic carbocycles. The molecule has 1 aliphatic heterocycles. The number of rotatable bonds is 4. The first-order valence-electron chi connectivity index (χ1n) is 9.94. The first-order chi connectivity index (χ1) is 13.8. The van der Waals surface area contributed by atoms with Gasteiger partial charge in [-0.3, -0.25) is 9.36 Å². The van der Waals surface area contributed by atoms with E-state index in [4.69, 9.17) is 15.2 Å². The van der Waals surface area contributed by atoms with Crippen molar-refractivity contribution in [3.05, 3.63) is 15.9 Å².